The highest BCUT2D eigenvalue weighted by atomic mass is 32.1. The van der Waals surface area contributed by atoms with Crippen LogP contribution in [-0.2, 0) is 4.79 Å². The summed E-state index contributed by atoms with van der Waals surface area (Å²) in [6, 6.07) is 5.31. The van der Waals surface area contributed by atoms with Crippen LogP contribution >= 0.6 is 11.3 Å². The fraction of sp³-hybridized carbons (Fsp3) is 0.179. The van der Waals surface area contributed by atoms with Gasteiger partial charge in [-0.3, -0.25) is 29.6 Å². The number of aromatic nitrogens is 7. The molecular weight excluding hydrogens is 531 g/mol. The van der Waals surface area contributed by atoms with Gasteiger partial charge in [0.05, 0.1) is 45.6 Å². The number of ketones is 1. The fourth-order valence-corrected chi connectivity index (χ4v) is 5.71. The zero-order valence-electron chi connectivity index (χ0n) is 21.2. The molecule has 10 nitrogen and oxygen atoms in total. The predicted molar refractivity (Wildman–Crippen MR) is 149 cm³/mol. The molecule has 0 unspecified atom stereocenters. The molecule has 1 fully saturated rings. The number of thiophene rings is 1. The molecule has 3 N–H and O–H groups in total. The standard InChI is InChI=1S/C28H21FN8O2S/c1-13(38)20-5-6-21(40-20)17-10-31-11-19-25(17)35-27(34-19)26-22-18(36-37-26)12-32-24(23(22)29)15-7-16(9-30-8-15)33-28(39)14-3-2-4-14/h5-12,14H,2-4H2,1H3,(H,33,39)(H,34,35)(H,36,37). The maximum absolute atomic E-state index is 16.1. The second-order valence-electron chi connectivity index (χ2n) is 9.75. The van der Waals surface area contributed by atoms with Crippen molar-refractivity contribution in [1.29, 1.82) is 0 Å². The Kier molecular flexibility index (Phi) is 5.70. The van der Waals surface area contributed by atoms with Crippen LogP contribution in [0.4, 0.5) is 10.1 Å². The smallest absolute Gasteiger partial charge is 0.227 e. The number of aromatic amines is 2. The van der Waals surface area contributed by atoms with Crippen LogP contribution < -0.4 is 5.32 Å². The van der Waals surface area contributed by atoms with Crippen molar-refractivity contribution in [2.45, 2.75) is 26.2 Å². The Morgan fingerprint density at radius 3 is 2.67 bits per heavy atom. The van der Waals surface area contributed by atoms with Crippen LogP contribution in [0.1, 0.15) is 35.9 Å². The summed E-state index contributed by atoms with van der Waals surface area (Å²) in [7, 11) is 0. The van der Waals surface area contributed by atoms with Gasteiger partial charge in [-0.2, -0.15) is 5.10 Å². The van der Waals surface area contributed by atoms with Crippen molar-refractivity contribution in [2.75, 3.05) is 5.32 Å². The minimum Gasteiger partial charge on any atom is -0.335 e. The van der Waals surface area contributed by atoms with E-state index in [2.05, 4.69) is 35.5 Å². The molecule has 1 aliphatic carbocycles. The highest BCUT2D eigenvalue weighted by Gasteiger charge is 2.26. The molecule has 0 saturated heterocycles. The van der Waals surface area contributed by atoms with E-state index >= 15 is 4.39 Å². The largest absolute Gasteiger partial charge is 0.335 e. The van der Waals surface area contributed by atoms with Gasteiger partial charge in [0.1, 0.15) is 16.9 Å². The first-order valence-electron chi connectivity index (χ1n) is 12.7. The summed E-state index contributed by atoms with van der Waals surface area (Å²) in [5.41, 5.74) is 3.72. The molecule has 0 spiro atoms. The second kappa shape index (κ2) is 9.42. The molecular formula is C28H21FN8O2S. The Morgan fingerprint density at radius 1 is 1.05 bits per heavy atom. The zero-order valence-corrected chi connectivity index (χ0v) is 22.0. The van der Waals surface area contributed by atoms with Gasteiger partial charge in [-0.15, -0.1) is 11.3 Å². The zero-order chi connectivity index (χ0) is 27.4. The average molecular weight is 553 g/mol. The van der Waals surface area contributed by atoms with Crippen LogP contribution in [0.2, 0.25) is 0 Å². The van der Waals surface area contributed by atoms with E-state index in [1.165, 1.54) is 36.9 Å². The van der Waals surface area contributed by atoms with Crippen LogP contribution in [-0.4, -0.2) is 46.8 Å². The normalized spacial score (nSPS) is 13.6. The van der Waals surface area contributed by atoms with Gasteiger partial charge in [-0.1, -0.05) is 6.42 Å². The van der Waals surface area contributed by atoms with Gasteiger partial charge < -0.3 is 10.3 Å². The molecule has 0 atom stereocenters. The average Bonchev–Trinajstić information content (AvgIpc) is 3.65. The van der Waals surface area contributed by atoms with Gasteiger partial charge in [0.2, 0.25) is 5.91 Å². The third-order valence-electron chi connectivity index (χ3n) is 7.14. The number of fused-ring (bicyclic) bond motifs is 2. The monoisotopic (exact) mass is 552 g/mol. The number of carbonyl (C=O) groups is 2. The Morgan fingerprint density at radius 2 is 1.90 bits per heavy atom. The van der Waals surface area contributed by atoms with E-state index in [9.17, 15) is 9.59 Å². The first-order valence-corrected chi connectivity index (χ1v) is 13.5. The highest BCUT2D eigenvalue weighted by molar-refractivity contribution is 7.17. The molecule has 0 aliphatic heterocycles. The van der Waals surface area contributed by atoms with Gasteiger partial charge in [-0.25, -0.2) is 9.37 Å². The lowest BCUT2D eigenvalue weighted by Gasteiger charge is -2.24. The lowest BCUT2D eigenvalue weighted by Crippen LogP contribution is -2.28. The molecule has 6 heterocycles. The molecule has 0 bridgehead atoms. The number of hydrogen-bond donors (Lipinski definition) is 3. The van der Waals surface area contributed by atoms with Crippen LogP contribution in [0.15, 0.2) is 49.2 Å². The molecule has 6 aromatic rings. The topological polar surface area (TPSA) is 142 Å². The summed E-state index contributed by atoms with van der Waals surface area (Å²) in [6.45, 7) is 1.53. The third kappa shape index (κ3) is 4.04. The lowest BCUT2D eigenvalue weighted by molar-refractivity contribution is -0.122. The second-order valence-corrected chi connectivity index (χ2v) is 10.8. The number of imidazole rings is 1. The van der Waals surface area contributed by atoms with E-state index in [4.69, 9.17) is 4.98 Å². The van der Waals surface area contributed by atoms with E-state index in [0.29, 0.717) is 38.5 Å². The van der Waals surface area contributed by atoms with Gasteiger partial charge >= 0.3 is 0 Å². The molecule has 12 heteroatoms. The van der Waals surface area contributed by atoms with E-state index in [0.717, 1.165) is 29.7 Å². The molecule has 0 aromatic carbocycles. The summed E-state index contributed by atoms with van der Waals surface area (Å²) in [4.78, 5) is 46.5. The van der Waals surface area contributed by atoms with Crippen LogP contribution in [0.3, 0.4) is 0 Å². The molecule has 1 aliphatic rings. The van der Waals surface area contributed by atoms with Crippen LogP contribution in [0.5, 0.6) is 0 Å². The van der Waals surface area contributed by atoms with E-state index in [1.807, 2.05) is 6.07 Å². The van der Waals surface area contributed by atoms with Gasteiger partial charge in [0.25, 0.3) is 0 Å². The third-order valence-corrected chi connectivity index (χ3v) is 8.36. The van der Waals surface area contributed by atoms with Crippen molar-refractivity contribution in [2.24, 2.45) is 5.92 Å². The summed E-state index contributed by atoms with van der Waals surface area (Å²) in [5, 5.41) is 10.3. The number of pyridine rings is 3. The van der Waals surface area contributed by atoms with Crippen molar-refractivity contribution in [3.8, 4) is 33.2 Å². The lowest BCUT2D eigenvalue weighted by atomic mass is 9.85. The van der Waals surface area contributed by atoms with Crippen LogP contribution in [0.25, 0.3) is 55.2 Å². The molecule has 40 heavy (non-hydrogen) atoms. The molecule has 198 valence electrons. The first-order chi connectivity index (χ1) is 19.5. The van der Waals surface area contributed by atoms with E-state index in [-0.39, 0.29) is 34.4 Å². The maximum atomic E-state index is 16.1. The van der Waals surface area contributed by atoms with Gasteiger partial charge in [0.15, 0.2) is 17.4 Å². The molecule has 1 amide bonds. The first kappa shape index (κ1) is 24.2. The number of carbonyl (C=O) groups excluding carboxylic acids is 2. The Bertz CT molecular complexity index is 1950. The van der Waals surface area contributed by atoms with Crippen molar-refractivity contribution in [3.05, 3.63) is 59.9 Å². The number of nitrogens with one attached hydrogen (secondary N) is 3. The number of amides is 1. The Labute approximate surface area is 230 Å². The number of Topliss-reactive ketones (excluding diaryl/α,β-unsaturated/α-hetero) is 1. The predicted octanol–water partition coefficient (Wildman–Crippen LogP) is 5.77. The minimum atomic E-state index is -0.589. The number of H-pyrrole nitrogens is 2. The van der Waals surface area contributed by atoms with E-state index < -0.39 is 5.82 Å². The molecule has 1 saturated carbocycles. The van der Waals surface area contributed by atoms with Crippen molar-refractivity contribution in [1.82, 2.24) is 35.1 Å². The maximum Gasteiger partial charge on any atom is 0.227 e. The summed E-state index contributed by atoms with van der Waals surface area (Å²) >= 11 is 1.37. The fourth-order valence-electron chi connectivity index (χ4n) is 4.80. The van der Waals surface area contributed by atoms with Crippen molar-refractivity contribution < 1.29 is 14.0 Å². The summed E-state index contributed by atoms with van der Waals surface area (Å²) < 4.78 is 16.1. The molecule has 7 rings (SSSR count). The molecule has 6 aromatic heterocycles. The Balaban J connectivity index is 1.28. The highest BCUT2D eigenvalue weighted by Crippen LogP contribution is 2.36. The SMILES string of the molecule is CC(=O)c1ccc(-c2cncc3[nH]c(-c4n[nH]c5cnc(-c6cncc(NC(=O)C7CCC7)c6)c(F)c45)nc23)s1. The Hall–Kier alpha value is -4.84. The summed E-state index contributed by atoms with van der Waals surface area (Å²) in [6.07, 6.45) is 10.7. The van der Waals surface area contributed by atoms with E-state index in [1.54, 1.807) is 24.5 Å². The number of anilines is 1. The molecule has 0 radical (unpaired) electrons. The van der Waals surface area contributed by atoms with Crippen molar-refractivity contribution >= 4 is 50.7 Å². The van der Waals surface area contributed by atoms with Gasteiger partial charge in [0, 0.05) is 34.3 Å². The number of halogens is 1. The number of nitrogens with zero attached hydrogens (tertiary/aromatic N) is 5. The number of hydrogen-bond acceptors (Lipinski definition) is 8. The minimum absolute atomic E-state index is 0.0107. The summed E-state index contributed by atoms with van der Waals surface area (Å²) in [5.74, 6) is -0.282. The van der Waals surface area contributed by atoms with Crippen molar-refractivity contribution in [3.63, 3.8) is 0 Å². The van der Waals surface area contributed by atoms with Crippen LogP contribution in [0, 0.1) is 11.7 Å². The number of rotatable bonds is 6. The van der Waals surface area contributed by atoms with Gasteiger partial charge in [-0.05, 0) is 38.0 Å². The quantitative estimate of drug-likeness (QED) is 0.223.